The van der Waals surface area contributed by atoms with Crippen LogP contribution >= 0.6 is 0 Å². The topological polar surface area (TPSA) is 29.9 Å². The van der Waals surface area contributed by atoms with Gasteiger partial charge in [-0.3, -0.25) is 0 Å². The van der Waals surface area contributed by atoms with E-state index in [1.54, 1.807) is 6.07 Å². The molecular formula is C25H26FN2O+. The second-order valence-corrected chi connectivity index (χ2v) is 8.45. The lowest BCUT2D eigenvalue weighted by molar-refractivity contribution is -0.660. The molecule has 0 N–H and O–H groups in total. The molecule has 1 aliphatic rings. The van der Waals surface area contributed by atoms with Gasteiger partial charge in [0.1, 0.15) is 12.9 Å². The summed E-state index contributed by atoms with van der Waals surface area (Å²) in [6, 6.07) is 9.95. The number of fused-ring (bicyclic) bond motifs is 3. The van der Waals surface area contributed by atoms with E-state index < -0.39 is 0 Å². The van der Waals surface area contributed by atoms with Gasteiger partial charge < -0.3 is 4.42 Å². The SMILES string of the molecule is Cc1ccc2c(n1)oc1c(-c3cc(C4CCCCC4)cc[n+]3C)c(C)cc(F)c12. The molecule has 0 spiro atoms. The molecule has 4 aromatic rings. The molecule has 0 saturated heterocycles. The van der Waals surface area contributed by atoms with Crippen LogP contribution in [0.4, 0.5) is 4.39 Å². The molecule has 1 aromatic carbocycles. The van der Waals surface area contributed by atoms with Gasteiger partial charge in [-0.05, 0) is 61.9 Å². The van der Waals surface area contributed by atoms with Gasteiger partial charge in [0.15, 0.2) is 11.8 Å². The molecule has 1 aliphatic carbocycles. The number of aryl methyl sites for hydroxylation is 3. The van der Waals surface area contributed by atoms with Crippen LogP contribution in [0.2, 0.25) is 0 Å². The molecule has 0 amide bonds. The van der Waals surface area contributed by atoms with E-state index in [0.29, 0.717) is 22.6 Å². The van der Waals surface area contributed by atoms with Crippen LogP contribution in [0, 0.1) is 19.7 Å². The van der Waals surface area contributed by atoms with Crippen LogP contribution in [-0.2, 0) is 7.05 Å². The fraction of sp³-hybridized carbons (Fsp3) is 0.360. The Labute approximate surface area is 170 Å². The van der Waals surface area contributed by atoms with E-state index in [4.69, 9.17) is 4.42 Å². The van der Waals surface area contributed by atoms with Crippen molar-refractivity contribution in [1.82, 2.24) is 4.98 Å². The Hall–Kier alpha value is -2.75. The molecule has 3 aromatic heterocycles. The van der Waals surface area contributed by atoms with Gasteiger partial charge in [0, 0.05) is 17.8 Å². The maximum atomic E-state index is 15.0. The molecule has 3 nitrogen and oxygen atoms in total. The minimum Gasteiger partial charge on any atom is -0.437 e. The minimum atomic E-state index is -0.253. The van der Waals surface area contributed by atoms with Crippen molar-refractivity contribution in [2.75, 3.05) is 0 Å². The summed E-state index contributed by atoms with van der Waals surface area (Å²) >= 11 is 0. The van der Waals surface area contributed by atoms with Crippen molar-refractivity contribution >= 4 is 22.1 Å². The Kier molecular flexibility index (Phi) is 4.38. The Balaban J connectivity index is 1.77. The third kappa shape index (κ3) is 3.02. The summed E-state index contributed by atoms with van der Waals surface area (Å²) in [4.78, 5) is 4.49. The zero-order chi connectivity index (χ0) is 20.1. The molecule has 1 fully saturated rings. The maximum absolute atomic E-state index is 15.0. The predicted octanol–water partition coefficient (Wildman–Crippen LogP) is 6.28. The van der Waals surface area contributed by atoms with E-state index in [2.05, 4.69) is 27.9 Å². The number of pyridine rings is 2. The van der Waals surface area contributed by atoms with Crippen molar-refractivity contribution < 1.29 is 13.4 Å². The highest BCUT2D eigenvalue weighted by Gasteiger charge is 2.26. The Bertz CT molecular complexity index is 1240. The third-order valence-corrected chi connectivity index (χ3v) is 6.40. The Morgan fingerprint density at radius 2 is 1.86 bits per heavy atom. The van der Waals surface area contributed by atoms with Crippen LogP contribution < -0.4 is 4.57 Å². The smallest absolute Gasteiger partial charge is 0.227 e. The molecule has 0 aliphatic heterocycles. The van der Waals surface area contributed by atoms with Crippen LogP contribution in [0.25, 0.3) is 33.3 Å². The van der Waals surface area contributed by atoms with Gasteiger partial charge in [-0.15, -0.1) is 0 Å². The fourth-order valence-corrected chi connectivity index (χ4v) is 4.84. The quantitative estimate of drug-likeness (QED) is 0.378. The number of furan rings is 1. The largest absolute Gasteiger partial charge is 0.437 e. The summed E-state index contributed by atoms with van der Waals surface area (Å²) < 4.78 is 23.2. The molecule has 3 heterocycles. The molecule has 5 rings (SSSR count). The fourth-order valence-electron chi connectivity index (χ4n) is 4.84. The first-order valence-corrected chi connectivity index (χ1v) is 10.5. The number of nitrogens with zero attached hydrogens (tertiary/aromatic N) is 2. The van der Waals surface area contributed by atoms with E-state index in [1.807, 2.05) is 33.0 Å². The Morgan fingerprint density at radius 3 is 2.66 bits per heavy atom. The lowest BCUT2D eigenvalue weighted by Crippen LogP contribution is -2.31. The number of aromatic nitrogens is 2. The van der Waals surface area contributed by atoms with Crippen LogP contribution in [0.15, 0.2) is 40.9 Å². The highest BCUT2D eigenvalue weighted by atomic mass is 19.1. The molecule has 29 heavy (non-hydrogen) atoms. The number of hydrogen-bond donors (Lipinski definition) is 0. The van der Waals surface area contributed by atoms with E-state index in [0.717, 1.165) is 27.9 Å². The summed E-state index contributed by atoms with van der Waals surface area (Å²) in [5.74, 6) is 0.358. The summed E-state index contributed by atoms with van der Waals surface area (Å²) in [5.41, 5.74) is 6.22. The first-order chi connectivity index (χ1) is 14.0. The van der Waals surface area contributed by atoms with E-state index in [-0.39, 0.29) is 5.82 Å². The van der Waals surface area contributed by atoms with Crippen molar-refractivity contribution in [3.05, 3.63) is 59.2 Å². The monoisotopic (exact) mass is 389 g/mol. The second kappa shape index (κ2) is 6.94. The van der Waals surface area contributed by atoms with Crippen molar-refractivity contribution in [2.45, 2.75) is 51.9 Å². The summed E-state index contributed by atoms with van der Waals surface area (Å²) in [6.07, 6.45) is 8.56. The van der Waals surface area contributed by atoms with E-state index >= 15 is 0 Å². The number of benzene rings is 1. The maximum Gasteiger partial charge on any atom is 0.227 e. The predicted molar refractivity (Wildman–Crippen MR) is 113 cm³/mol. The van der Waals surface area contributed by atoms with Gasteiger partial charge in [-0.1, -0.05) is 19.3 Å². The zero-order valence-corrected chi connectivity index (χ0v) is 17.3. The van der Waals surface area contributed by atoms with Crippen molar-refractivity contribution in [2.24, 2.45) is 7.05 Å². The lowest BCUT2D eigenvalue weighted by Gasteiger charge is -2.21. The van der Waals surface area contributed by atoms with Crippen molar-refractivity contribution in [1.29, 1.82) is 0 Å². The van der Waals surface area contributed by atoms with E-state index in [9.17, 15) is 4.39 Å². The third-order valence-electron chi connectivity index (χ3n) is 6.40. The number of rotatable bonds is 2. The zero-order valence-electron chi connectivity index (χ0n) is 17.3. The van der Waals surface area contributed by atoms with Crippen LogP contribution in [-0.4, -0.2) is 4.98 Å². The van der Waals surface area contributed by atoms with Crippen LogP contribution in [0.1, 0.15) is 54.8 Å². The average molecular weight is 389 g/mol. The first kappa shape index (κ1) is 18.3. The number of hydrogen-bond acceptors (Lipinski definition) is 2. The number of halogens is 1. The highest BCUT2D eigenvalue weighted by Crippen LogP contribution is 2.39. The van der Waals surface area contributed by atoms with Crippen molar-refractivity contribution in [3.8, 4) is 11.3 Å². The van der Waals surface area contributed by atoms with Gasteiger partial charge in [0.05, 0.1) is 16.3 Å². The highest BCUT2D eigenvalue weighted by molar-refractivity contribution is 6.09. The first-order valence-electron chi connectivity index (χ1n) is 10.5. The molecule has 0 atom stereocenters. The summed E-state index contributed by atoms with van der Waals surface area (Å²) in [5, 5.41) is 1.26. The molecule has 4 heteroatoms. The van der Waals surface area contributed by atoms with Gasteiger partial charge in [-0.25, -0.2) is 13.9 Å². The van der Waals surface area contributed by atoms with E-state index in [1.165, 1.54) is 37.7 Å². The molecular weight excluding hydrogens is 363 g/mol. The average Bonchev–Trinajstić information content (AvgIpc) is 3.08. The van der Waals surface area contributed by atoms with Gasteiger partial charge in [0.25, 0.3) is 0 Å². The van der Waals surface area contributed by atoms with Gasteiger partial charge in [-0.2, -0.15) is 0 Å². The van der Waals surface area contributed by atoms with Crippen LogP contribution in [0.5, 0.6) is 0 Å². The van der Waals surface area contributed by atoms with Gasteiger partial charge >= 0.3 is 0 Å². The molecule has 148 valence electrons. The minimum absolute atomic E-state index is 0.253. The summed E-state index contributed by atoms with van der Waals surface area (Å²) in [7, 11) is 2.04. The van der Waals surface area contributed by atoms with Crippen molar-refractivity contribution in [3.63, 3.8) is 0 Å². The molecule has 0 unspecified atom stereocenters. The Morgan fingerprint density at radius 1 is 1.07 bits per heavy atom. The van der Waals surface area contributed by atoms with Gasteiger partial charge in [0.2, 0.25) is 11.4 Å². The standard InChI is InChI=1S/C25H26FN2O/c1-15-13-20(26)23-19-10-9-16(2)27-25(19)29-24(23)22(15)21-14-18(11-12-28(21)3)17-7-5-4-6-8-17/h9-14,17H,4-8H2,1-3H3/q+1. The normalized spacial score (nSPS) is 15.4. The van der Waals surface area contributed by atoms with Crippen LogP contribution in [0.3, 0.4) is 0 Å². The summed E-state index contributed by atoms with van der Waals surface area (Å²) in [6.45, 7) is 3.87. The molecule has 0 bridgehead atoms. The second-order valence-electron chi connectivity index (χ2n) is 8.45. The molecule has 0 radical (unpaired) electrons. The lowest BCUT2D eigenvalue weighted by atomic mass is 9.84. The molecule has 1 saturated carbocycles.